The van der Waals surface area contributed by atoms with E-state index in [1.54, 1.807) is 24.3 Å². The van der Waals surface area contributed by atoms with Gasteiger partial charge in [0.25, 0.3) is 0 Å². The van der Waals surface area contributed by atoms with Gasteiger partial charge in [-0.05, 0) is 37.3 Å². The van der Waals surface area contributed by atoms with E-state index < -0.39 is 0 Å². The topological polar surface area (TPSA) is 35.2 Å². The van der Waals surface area contributed by atoms with Crippen LogP contribution in [0, 0.1) is 5.82 Å². The lowest BCUT2D eigenvalue weighted by molar-refractivity contribution is 0.301. The number of hydrogen-bond acceptors (Lipinski definition) is 2. The molecule has 0 aliphatic heterocycles. The lowest BCUT2D eigenvalue weighted by Crippen LogP contribution is -2.08. The zero-order valence-corrected chi connectivity index (χ0v) is 12.4. The van der Waals surface area contributed by atoms with Crippen LogP contribution in [0.1, 0.15) is 24.1 Å². The van der Waals surface area contributed by atoms with Crippen molar-refractivity contribution in [3.63, 3.8) is 0 Å². The van der Waals surface area contributed by atoms with Gasteiger partial charge in [-0.25, -0.2) is 4.39 Å². The van der Waals surface area contributed by atoms with Gasteiger partial charge in [0.2, 0.25) is 0 Å². The summed E-state index contributed by atoms with van der Waals surface area (Å²) in [6.07, 6.45) is 0. The second kappa shape index (κ2) is 6.44. The van der Waals surface area contributed by atoms with Gasteiger partial charge < -0.3 is 10.5 Å². The van der Waals surface area contributed by atoms with E-state index >= 15 is 0 Å². The summed E-state index contributed by atoms with van der Waals surface area (Å²) in [5.41, 5.74) is 7.41. The normalized spacial score (nSPS) is 12.2. The Labute approximate surface area is 127 Å². The predicted molar refractivity (Wildman–Crippen MR) is 79.8 cm³/mol. The van der Waals surface area contributed by atoms with Crippen LogP contribution < -0.4 is 10.5 Å². The molecule has 0 spiro atoms. The fraction of sp³-hybridized carbons (Fsp3) is 0.200. The predicted octanol–water partition coefficient (Wildman–Crippen LogP) is 4.73. The molecule has 2 N–H and O–H groups in total. The number of ether oxygens (including phenoxy) is 1. The maximum Gasteiger partial charge on any atom is 0.124 e. The van der Waals surface area contributed by atoms with Gasteiger partial charge in [-0.1, -0.05) is 29.3 Å². The molecule has 2 nitrogen and oxygen atoms in total. The lowest BCUT2D eigenvalue weighted by atomic mass is 10.1. The summed E-state index contributed by atoms with van der Waals surface area (Å²) in [6.45, 7) is 2.09. The van der Waals surface area contributed by atoms with Gasteiger partial charge in [-0.15, -0.1) is 0 Å². The highest BCUT2D eigenvalue weighted by molar-refractivity contribution is 6.31. The van der Waals surface area contributed by atoms with Crippen molar-refractivity contribution in [2.75, 3.05) is 0 Å². The van der Waals surface area contributed by atoms with Crippen molar-refractivity contribution in [1.29, 1.82) is 0 Å². The molecule has 0 aromatic heterocycles. The van der Waals surface area contributed by atoms with Crippen LogP contribution in [0.5, 0.6) is 5.75 Å². The highest BCUT2D eigenvalue weighted by Crippen LogP contribution is 2.28. The summed E-state index contributed by atoms with van der Waals surface area (Å²) in [5.74, 6) is 0.270. The van der Waals surface area contributed by atoms with Crippen molar-refractivity contribution >= 4 is 23.2 Å². The average Bonchev–Trinajstić information content (AvgIpc) is 2.38. The Morgan fingerprint density at radius 2 is 1.95 bits per heavy atom. The van der Waals surface area contributed by atoms with E-state index in [9.17, 15) is 4.39 Å². The second-order valence-electron chi connectivity index (χ2n) is 4.50. The summed E-state index contributed by atoms with van der Waals surface area (Å²) in [7, 11) is 0. The smallest absolute Gasteiger partial charge is 0.124 e. The molecule has 0 radical (unpaired) electrons. The van der Waals surface area contributed by atoms with Crippen LogP contribution in [0.2, 0.25) is 10.0 Å². The van der Waals surface area contributed by atoms with E-state index in [1.165, 1.54) is 12.1 Å². The number of rotatable bonds is 4. The van der Waals surface area contributed by atoms with E-state index in [0.717, 1.165) is 5.56 Å². The Morgan fingerprint density at radius 3 is 2.60 bits per heavy atom. The molecular formula is C15H14Cl2FNO. The number of nitrogens with two attached hydrogens (primary N) is 1. The lowest BCUT2D eigenvalue weighted by Gasteiger charge is -2.15. The maximum absolute atomic E-state index is 13.0. The van der Waals surface area contributed by atoms with E-state index in [0.29, 0.717) is 21.4 Å². The fourth-order valence-corrected chi connectivity index (χ4v) is 2.20. The Kier molecular flexibility index (Phi) is 4.86. The molecule has 0 aliphatic carbocycles. The summed E-state index contributed by atoms with van der Waals surface area (Å²) >= 11 is 11.9. The largest absolute Gasteiger partial charge is 0.489 e. The van der Waals surface area contributed by atoms with Crippen LogP contribution >= 0.6 is 23.2 Å². The van der Waals surface area contributed by atoms with E-state index in [2.05, 4.69) is 0 Å². The van der Waals surface area contributed by atoms with E-state index in [1.807, 2.05) is 6.92 Å². The standard InChI is InChI=1S/C15H14Cl2FNO/c1-9(19)13-6-11(16)3-5-15(13)20-8-10-2-4-12(18)7-14(10)17/h2-7,9H,8,19H2,1H3/t9-/m0/s1. The summed E-state index contributed by atoms with van der Waals surface area (Å²) in [4.78, 5) is 0. The fourth-order valence-electron chi connectivity index (χ4n) is 1.80. The summed E-state index contributed by atoms with van der Waals surface area (Å²) in [5, 5.41) is 0.936. The minimum atomic E-state index is -0.374. The highest BCUT2D eigenvalue weighted by Gasteiger charge is 2.10. The molecule has 5 heteroatoms. The van der Waals surface area contributed by atoms with Crippen molar-refractivity contribution < 1.29 is 9.13 Å². The molecule has 0 fully saturated rings. The van der Waals surface area contributed by atoms with E-state index in [4.69, 9.17) is 33.7 Å². The third-order valence-corrected chi connectivity index (χ3v) is 3.45. The van der Waals surface area contributed by atoms with Gasteiger partial charge in [0, 0.05) is 22.2 Å². The minimum Gasteiger partial charge on any atom is -0.489 e. The summed E-state index contributed by atoms with van der Waals surface area (Å²) < 4.78 is 18.7. The van der Waals surface area contributed by atoms with Crippen LogP contribution in [0.15, 0.2) is 36.4 Å². The van der Waals surface area contributed by atoms with Crippen LogP contribution in [0.25, 0.3) is 0 Å². The number of hydrogen-bond donors (Lipinski definition) is 1. The van der Waals surface area contributed by atoms with Gasteiger partial charge in [0.05, 0.1) is 5.02 Å². The van der Waals surface area contributed by atoms with Crippen LogP contribution in [0.3, 0.4) is 0 Å². The molecular weight excluding hydrogens is 300 g/mol. The van der Waals surface area contributed by atoms with Crippen molar-refractivity contribution in [3.8, 4) is 5.75 Å². The van der Waals surface area contributed by atoms with Crippen LogP contribution in [0.4, 0.5) is 4.39 Å². The molecule has 0 amide bonds. The van der Waals surface area contributed by atoms with Gasteiger partial charge >= 0.3 is 0 Å². The van der Waals surface area contributed by atoms with Crippen molar-refractivity contribution in [2.45, 2.75) is 19.6 Å². The first-order chi connectivity index (χ1) is 9.47. The molecule has 0 saturated carbocycles. The molecule has 0 saturated heterocycles. The number of halogens is 3. The molecule has 0 unspecified atom stereocenters. The van der Waals surface area contributed by atoms with Crippen LogP contribution in [-0.4, -0.2) is 0 Å². The maximum atomic E-state index is 13.0. The first-order valence-electron chi connectivity index (χ1n) is 6.09. The van der Waals surface area contributed by atoms with Crippen molar-refractivity contribution in [3.05, 3.63) is 63.4 Å². The third-order valence-electron chi connectivity index (χ3n) is 2.86. The summed E-state index contributed by atoms with van der Waals surface area (Å²) in [6, 6.07) is 9.26. The zero-order chi connectivity index (χ0) is 14.7. The zero-order valence-electron chi connectivity index (χ0n) is 10.9. The van der Waals surface area contributed by atoms with Crippen molar-refractivity contribution in [2.24, 2.45) is 5.73 Å². The molecule has 20 heavy (non-hydrogen) atoms. The molecule has 0 aliphatic rings. The first kappa shape index (κ1) is 15.1. The SMILES string of the molecule is C[C@H](N)c1cc(Cl)ccc1OCc1ccc(F)cc1Cl. The molecule has 0 bridgehead atoms. The minimum absolute atomic E-state index is 0.201. The monoisotopic (exact) mass is 313 g/mol. The van der Waals surface area contributed by atoms with Gasteiger partial charge in [-0.2, -0.15) is 0 Å². The quantitative estimate of drug-likeness (QED) is 0.885. The van der Waals surface area contributed by atoms with Gasteiger partial charge in [0.1, 0.15) is 18.2 Å². The van der Waals surface area contributed by atoms with Gasteiger partial charge in [0.15, 0.2) is 0 Å². The van der Waals surface area contributed by atoms with Crippen LogP contribution in [-0.2, 0) is 6.61 Å². The molecule has 0 heterocycles. The molecule has 2 rings (SSSR count). The molecule has 2 aromatic carbocycles. The highest BCUT2D eigenvalue weighted by atomic mass is 35.5. The van der Waals surface area contributed by atoms with Crippen molar-refractivity contribution in [1.82, 2.24) is 0 Å². The second-order valence-corrected chi connectivity index (χ2v) is 5.34. The third kappa shape index (κ3) is 3.63. The molecule has 2 aromatic rings. The Hall–Kier alpha value is -1.29. The Morgan fingerprint density at radius 1 is 1.20 bits per heavy atom. The Bertz CT molecular complexity index is 617. The van der Waals surface area contributed by atoms with Gasteiger partial charge in [-0.3, -0.25) is 0 Å². The molecule has 106 valence electrons. The van der Waals surface area contributed by atoms with E-state index in [-0.39, 0.29) is 18.5 Å². The molecule has 1 atom stereocenters. The Balaban J connectivity index is 2.18. The number of benzene rings is 2. The average molecular weight is 314 g/mol. The first-order valence-corrected chi connectivity index (χ1v) is 6.84.